The van der Waals surface area contributed by atoms with Crippen molar-refractivity contribution in [3.05, 3.63) is 30.6 Å². The number of imidazole rings is 1. The van der Waals surface area contributed by atoms with Crippen LogP contribution < -0.4 is 9.64 Å². The molecule has 2 aromatic heterocycles. The zero-order valence-corrected chi connectivity index (χ0v) is 13.3. The zero-order valence-electron chi connectivity index (χ0n) is 13.3. The molecule has 1 aliphatic rings. The van der Waals surface area contributed by atoms with Gasteiger partial charge in [0.05, 0.1) is 19.6 Å². The van der Waals surface area contributed by atoms with E-state index in [1.54, 1.807) is 36.6 Å². The molecule has 8 heteroatoms. The Morgan fingerprint density at radius 2 is 2.00 bits per heavy atom. The molecule has 0 unspecified atom stereocenters. The summed E-state index contributed by atoms with van der Waals surface area (Å²) in [5.74, 6) is 1.25. The van der Waals surface area contributed by atoms with Gasteiger partial charge in [-0.1, -0.05) is 0 Å². The summed E-state index contributed by atoms with van der Waals surface area (Å²) in [7, 11) is 3.42. The quantitative estimate of drug-likeness (QED) is 0.824. The van der Waals surface area contributed by atoms with Gasteiger partial charge in [-0.2, -0.15) is 0 Å². The molecule has 2 aromatic rings. The Morgan fingerprint density at radius 3 is 2.74 bits per heavy atom. The Labute approximate surface area is 134 Å². The molecular weight excluding hydrogens is 296 g/mol. The molecule has 0 radical (unpaired) electrons. The Hall–Kier alpha value is -2.64. The highest BCUT2D eigenvalue weighted by Crippen LogP contribution is 2.23. The first-order valence-electron chi connectivity index (χ1n) is 7.56. The minimum atomic E-state index is 0.0120. The van der Waals surface area contributed by atoms with Crippen molar-refractivity contribution in [1.29, 1.82) is 0 Å². The molecule has 0 spiro atoms. The van der Waals surface area contributed by atoms with E-state index in [0.29, 0.717) is 31.2 Å². The van der Waals surface area contributed by atoms with Gasteiger partial charge in [-0.3, -0.25) is 4.79 Å². The van der Waals surface area contributed by atoms with Crippen LogP contribution in [-0.2, 0) is 7.05 Å². The van der Waals surface area contributed by atoms with Crippen molar-refractivity contribution in [2.75, 3.05) is 38.2 Å². The normalized spacial score (nSPS) is 15.4. The first-order valence-corrected chi connectivity index (χ1v) is 7.56. The van der Waals surface area contributed by atoms with E-state index in [1.807, 2.05) is 11.9 Å². The van der Waals surface area contributed by atoms with Crippen LogP contribution in [0.15, 0.2) is 24.9 Å². The average Bonchev–Trinajstić information content (AvgIpc) is 2.86. The molecule has 0 aromatic carbocycles. The largest absolute Gasteiger partial charge is 0.478 e. The monoisotopic (exact) mass is 316 g/mol. The number of ether oxygens (including phenoxy) is 1. The lowest BCUT2D eigenvalue weighted by atomic mass is 10.3. The number of hydrogen-bond donors (Lipinski definition) is 0. The Morgan fingerprint density at radius 1 is 1.17 bits per heavy atom. The van der Waals surface area contributed by atoms with Crippen molar-refractivity contribution in [2.45, 2.75) is 6.42 Å². The van der Waals surface area contributed by atoms with E-state index in [2.05, 4.69) is 19.9 Å². The van der Waals surface area contributed by atoms with Gasteiger partial charge in [0.2, 0.25) is 0 Å². The second-order valence-electron chi connectivity index (χ2n) is 5.41. The van der Waals surface area contributed by atoms with Crippen LogP contribution in [0.3, 0.4) is 0 Å². The maximum Gasteiger partial charge on any atom is 0.272 e. The van der Waals surface area contributed by atoms with Crippen molar-refractivity contribution in [2.24, 2.45) is 7.05 Å². The van der Waals surface area contributed by atoms with Crippen LogP contribution in [0.2, 0.25) is 0 Å². The Balaban J connectivity index is 1.72. The van der Waals surface area contributed by atoms with E-state index in [-0.39, 0.29) is 5.91 Å². The molecule has 1 amide bonds. The van der Waals surface area contributed by atoms with Gasteiger partial charge in [0.25, 0.3) is 11.8 Å². The van der Waals surface area contributed by atoms with Crippen LogP contribution in [0.25, 0.3) is 0 Å². The average molecular weight is 316 g/mol. The van der Waals surface area contributed by atoms with Gasteiger partial charge < -0.3 is 19.1 Å². The van der Waals surface area contributed by atoms with E-state index >= 15 is 0 Å². The summed E-state index contributed by atoms with van der Waals surface area (Å²) < 4.78 is 7.03. The number of hydrogen-bond acceptors (Lipinski definition) is 6. The highest BCUT2D eigenvalue weighted by molar-refractivity contribution is 5.92. The molecule has 8 nitrogen and oxygen atoms in total. The van der Waals surface area contributed by atoms with E-state index in [1.165, 1.54) is 0 Å². The van der Waals surface area contributed by atoms with Crippen LogP contribution in [0.4, 0.5) is 5.82 Å². The number of aromatic nitrogens is 4. The smallest absolute Gasteiger partial charge is 0.272 e. The molecule has 0 aliphatic carbocycles. The van der Waals surface area contributed by atoms with Gasteiger partial charge >= 0.3 is 0 Å². The molecule has 3 rings (SSSR count). The predicted molar refractivity (Wildman–Crippen MR) is 84.5 cm³/mol. The molecule has 23 heavy (non-hydrogen) atoms. The lowest BCUT2D eigenvalue weighted by Gasteiger charge is -2.23. The SMILES string of the molecule is COc1nccnc1N1CCCN(C(=O)c2cncn2C)CC1. The summed E-state index contributed by atoms with van der Waals surface area (Å²) in [6.45, 7) is 2.84. The summed E-state index contributed by atoms with van der Waals surface area (Å²) >= 11 is 0. The van der Waals surface area contributed by atoms with Gasteiger partial charge in [0, 0.05) is 45.6 Å². The number of rotatable bonds is 3. The summed E-state index contributed by atoms with van der Waals surface area (Å²) in [5, 5.41) is 0. The summed E-state index contributed by atoms with van der Waals surface area (Å²) in [4.78, 5) is 29.1. The summed E-state index contributed by atoms with van der Waals surface area (Å²) in [5.41, 5.74) is 0.607. The summed E-state index contributed by atoms with van der Waals surface area (Å²) in [6.07, 6.45) is 7.38. The number of aryl methyl sites for hydroxylation is 1. The third-order valence-electron chi connectivity index (χ3n) is 3.96. The first-order chi connectivity index (χ1) is 11.2. The van der Waals surface area contributed by atoms with E-state index in [9.17, 15) is 4.79 Å². The van der Waals surface area contributed by atoms with E-state index in [4.69, 9.17) is 4.74 Å². The van der Waals surface area contributed by atoms with Crippen LogP contribution in [0, 0.1) is 0 Å². The predicted octanol–water partition coefficient (Wildman–Crippen LogP) is 0.571. The van der Waals surface area contributed by atoms with Gasteiger partial charge in [-0.25, -0.2) is 15.0 Å². The second-order valence-corrected chi connectivity index (χ2v) is 5.41. The highest BCUT2D eigenvalue weighted by Gasteiger charge is 2.24. The van der Waals surface area contributed by atoms with Gasteiger partial charge in [0.1, 0.15) is 5.69 Å². The van der Waals surface area contributed by atoms with Gasteiger partial charge in [-0.15, -0.1) is 0 Å². The topological polar surface area (TPSA) is 76.4 Å². The molecule has 0 bridgehead atoms. The molecule has 122 valence electrons. The highest BCUT2D eigenvalue weighted by atomic mass is 16.5. The van der Waals surface area contributed by atoms with Crippen LogP contribution in [0.1, 0.15) is 16.9 Å². The minimum Gasteiger partial charge on any atom is -0.478 e. The molecule has 0 N–H and O–H groups in total. The number of carbonyl (C=O) groups is 1. The van der Waals surface area contributed by atoms with Crippen LogP contribution in [0.5, 0.6) is 5.88 Å². The fourth-order valence-electron chi connectivity index (χ4n) is 2.74. The fourth-order valence-corrected chi connectivity index (χ4v) is 2.74. The third kappa shape index (κ3) is 3.10. The first kappa shape index (κ1) is 15.3. The molecule has 0 saturated carbocycles. The molecule has 3 heterocycles. The van der Waals surface area contributed by atoms with Crippen molar-refractivity contribution in [3.8, 4) is 5.88 Å². The lowest BCUT2D eigenvalue weighted by molar-refractivity contribution is 0.0757. The lowest BCUT2D eigenvalue weighted by Crippen LogP contribution is -2.36. The number of amides is 1. The van der Waals surface area contributed by atoms with Crippen molar-refractivity contribution in [1.82, 2.24) is 24.4 Å². The molecule has 1 saturated heterocycles. The zero-order chi connectivity index (χ0) is 16.2. The standard InChI is InChI=1S/C15H20N6O2/c1-19-11-16-10-12(19)15(22)21-7-3-6-20(8-9-21)13-14(23-2)18-5-4-17-13/h4-5,10-11H,3,6-9H2,1-2H3. The van der Waals surface area contributed by atoms with Gasteiger partial charge in [-0.05, 0) is 6.42 Å². The Kier molecular flexibility index (Phi) is 4.40. The second kappa shape index (κ2) is 6.64. The number of methoxy groups -OCH3 is 1. The number of nitrogens with zero attached hydrogens (tertiary/aromatic N) is 6. The van der Waals surface area contributed by atoms with Crippen molar-refractivity contribution in [3.63, 3.8) is 0 Å². The molecule has 0 atom stereocenters. The Bertz CT molecular complexity index is 686. The van der Waals surface area contributed by atoms with Gasteiger partial charge in [0.15, 0.2) is 5.82 Å². The van der Waals surface area contributed by atoms with E-state index in [0.717, 1.165) is 18.8 Å². The third-order valence-corrected chi connectivity index (χ3v) is 3.96. The molecule has 1 fully saturated rings. The van der Waals surface area contributed by atoms with Crippen LogP contribution in [-0.4, -0.2) is 63.6 Å². The maximum atomic E-state index is 12.6. The molecule has 1 aliphatic heterocycles. The molecular formula is C15H20N6O2. The van der Waals surface area contributed by atoms with Crippen molar-refractivity contribution < 1.29 is 9.53 Å². The maximum absolute atomic E-state index is 12.6. The van der Waals surface area contributed by atoms with Crippen LogP contribution >= 0.6 is 0 Å². The van der Waals surface area contributed by atoms with E-state index < -0.39 is 0 Å². The number of anilines is 1. The summed E-state index contributed by atoms with van der Waals surface area (Å²) in [6, 6.07) is 0. The van der Waals surface area contributed by atoms with Crippen molar-refractivity contribution >= 4 is 11.7 Å². The number of carbonyl (C=O) groups excluding carboxylic acids is 1. The fraction of sp³-hybridized carbons (Fsp3) is 0.467. The minimum absolute atomic E-state index is 0.0120.